The fourth-order valence-electron chi connectivity index (χ4n) is 1.97. The number of amides is 1. The Hall–Kier alpha value is -1.35. The second kappa shape index (κ2) is 5.12. The van der Waals surface area contributed by atoms with Crippen LogP contribution in [0.1, 0.15) is 30.1 Å². The minimum absolute atomic E-state index is 0.0244. The van der Waals surface area contributed by atoms with Crippen LogP contribution >= 0.6 is 0 Å². The lowest BCUT2D eigenvalue weighted by atomic mass is 10.1. The molecule has 1 amide bonds. The van der Waals surface area contributed by atoms with Crippen molar-refractivity contribution in [3.8, 4) is 0 Å². The summed E-state index contributed by atoms with van der Waals surface area (Å²) in [5.41, 5.74) is 0.701. The van der Waals surface area contributed by atoms with Crippen LogP contribution in [0.25, 0.3) is 0 Å². The first kappa shape index (κ1) is 11.1. The second-order valence-corrected chi connectivity index (χ2v) is 4.18. The van der Waals surface area contributed by atoms with Gasteiger partial charge >= 0.3 is 0 Å². The minimum Gasteiger partial charge on any atom is -0.376 e. The highest BCUT2D eigenvalue weighted by Crippen LogP contribution is 2.15. The summed E-state index contributed by atoms with van der Waals surface area (Å²) in [4.78, 5) is 11.8. The van der Waals surface area contributed by atoms with E-state index in [0.717, 1.165) is 19.4 Å². The van der Waals surface area contributed by atoms with E-state index in [9.17, 15) is 4.79 Å². The highest BCUT2D eigenvalue weighted by molar-refractivity contribution is 5.94. The Morgan fingerprint density at radius 2 is 2.19 bits per heavy atom. The summed E-state index contributed by atoms with van der Waals surface area (Å²) in [5, 5.41) is 2.97. The fraction of sp³-hybridized carbons (Fsp3) is 0.462. The Morgan fingerprint density at radius 1 is 1.44 bits per heavy atom. The van der Waals surface area contributed by atoms with Gasteiger partial charge in [0.2, 0.25) is 0 Å². The molecule has 1 heterocycles. The van der Waals surface area contributed by atoms with Crippen molar-refractivity contribution in [2.75, 3.05) is 6.61 Å². The summed E-state index contributed by atoms with van der Waals surface area (Å²) in [6, 6.07) is 9.35. The Morgan fingerprint density at radius 3 is 2.81 bits per heavy atom. The zero-order valence-electron chi connectivity index (χ0n) is 9.48. The molecule has 2 atom stereocenters. The topological polar surface area (TPSA) is 38.3 Å². The minimum atomic E-state index is -0.0244. The maximum absolute atomic E-state index is 11.8. The van der Waals surface area contributed by atoms with Crippen molar-refractivity contribution in [1.29, 1.82) is 0 Å². The Labute approximate surface area is 95.8 Å². The molecule has 0 saturated carbocycles. The van der Waals surface area contributed by atoms with Gasteiger partial charge in [-0.05, 0) is 31.9 Å². The molecule has 16 heavy (non-hydrogen) atoms. The first-order valence-corrected chi connectivity index (χ1v) is 5.75. The molecule has 1 aliphatic heterocycles. The van der Waals surface area contributed by atoms with Crippen molar-refractivity contribution in [2.45, 2.75) is 31.9 Å². The molecule has 1 aromatic rings. The van der Waals surface area contributed by atoms with Crippen molar-refractivity contribution in [3.05, 3.63) is 35.9 Å². The van der Waals surface area contributed by atoms with E-state index in [1.165, 1.54) is 0 Å². The monoisotopic (exact) mass is 219 g/mol. The molecule has 0 radical (unpaired) electrons. The maximum atomic E-state index is 11.8. The van der Waals surface area contributed by atoms with E-state index in [1.54, 1.807) is 0 Å². The molecule has 0 unspecified atom stereocenters. The summed E-state index contributed by atoms with van der Waals surface area (Å²) >= 11 is 0. The largest absolute Gasteiger partial charge is 0.376 e. The van der Waals surface area contributed by atoms with Gasteiger partial charge in [0.15, 0.2) is 0 Å². The van der Waals surface area contributed by atoms with Gasteiger partial charge in [-0.2, -0.15) is 0 Å². The molecule has 0 aliphatic carbocycles. The first-order chi connectivity index (χ1) is 7.77. The molecule has 0 spiro atoms. The van der Waals surface area contributed by atoms with E-state index in [0.29, 0.717) is 5.56 Å². The van der Waals surface area contributed by atoms with E-state index in [-0.39, 0.29) is 18.1 Å². The standard InChI is InChI=1S/C13H17NO2/c1-10(12-8-5-9-16-12)14-13(15)11-6-3-2-4-7-11/h2-4,6-7,10,12H,5,8-9H2,1H3,(H,14,15)/t10-,12+/m0/s1. The van der Waals surface area contributed by atoms with E-state index in [4.69, 9.17) is 4.74 Å². The third kappa shape index (κ3) is 2.61. The summed E-state index contributed by atoms with van der Waals surface area (Å²) in [6.07, 6.45) is 2.31. The van der Waals surface area contributed by atoms with Crippen LogP contribution < -0.4 is 5.32 Å². The van der Waals surface area contributed by atoms with Crippen LogP contribution in [0.3, 0.4) is 0 Å². The lowest BCUT2D eigenvalue weighted by molar-refractivity contribution is 0.0712. The average Bonchev–Trinajstić information content (AvgIpc) is 2.83. The molecule has 1 saturated heterocycles. The van der Waals surface area contributed by atoms with Crippen molar-refractivity contribution in [3.63, 3.8) is 0 Å². The molecule has 3 nitrogen and oxygen atoms in total. The van der Waals surface area contributed by atoms with Crippen molar-refractivity contribution in [2.24, 2.45) is 0 Å². The van der Waals surface area contributed by atoms with Gasteiger partial charge in [-0.15, -0.1) is 0 Å². The molecule has 3 heteroatoms. The van der Waals surface area contributed by atoms with Gasteiger partial charge in [0.25, 0.3) is 5.91 Å². The van der Waals surface area contributed by atoms with E-state index in [2.05, 4.69) is 5.32 Å². The average molecular weight is 219 g/mol. The van der Waals surface area contributed by atoms with Gasteiger partial charge < -0.3 is 10.1 Å². The van der Waals surface area contributed by atoms with Crippen molar-refractivity contribution >= 4 is 5.91 Å². The summed E-state index contributed by atoms with van der Waals surface area (Å²) in [7, 11) is 0. The van der Waals surface area contributed by atoms with E-state index >= 15 is 0 Å². The van der Waals surface area contributed by atoms with Crippen molar-refractivity contribution in [1.82, 2.24) is 5.32 Å². The number of carbonyl (C=O) groups is 1. The van der Waals surface area contributed by atoms with Gasteiger partial charge in [0.05, 0.1) is 12.1 Å². The number of ether oxygens (including phenoxy) is 1. The predicted octanol–water partition coefficient (Wildman–Crippen LogP) is 1.98. The normalized spacial score (nSPS) is 21.7. The Bertz CT molecular complexity index is 344. The van der Waals surface area contributed by atoms with Gasteiger partial charge in [-0.3, -0.25) is 4.79 Å². The van der Waals surface area contributed by atoms with Crippen LogP contribution in [0.2, 0.25) is 0 Å². The number of hydrogen-bond donors (Lipinski definition) is 1. The SMILES string of the molecule is C[C@H](NC(=O)c1ccccc1)[C@H]1CCCO1. The first-order valence-electron chi connectivity index (χ1n) is 5.75. The molecule has 0 bridgehead atoms. The number of carbonyl (C=O) groups excluding carboxylic acids is 1. The molecule has 0 aromatic heterocycles. The van der Waals surface area contributed by atoms with Crippen LogP contribution in [0, 0.1) is 0 Å². The highest BCUT2D eigenvalue weighted by atomic mass is 16.5. The molecule has 1 N–H and O–H groups in total. The maximum Gasteiger partial charge on any atom is 0.251 e. The van der Waals surface area contributed by atoms with Crippen LogP contribution in [0.4, 0.5) is 0 Å². The molecule has 1 fully saturated rings. The highest BCUT2D eigenvalue weighted by Gasteiger charge is 2.23. The number of rotatable bonds is 3. The van der Waals surface area contributed by atoms with Crippen LogP contribution in [0.15, 0.2) is 30.3 Å². The summed E-state index contributed by atoms with van der Waals surface area (Å²) in [5.74, 6) is -0.0244. The predicted molar refractivity (Wildman–Crippen MR) is 62.3 cm³/mol. The van der Waals surface area contributed by atoms with E-state index in [1.807, 2.05) is 37.3 Å². The summed E-state index contributed by atoms with van der Waals surface area (Å²) in [6.45, 7) is 2.81. The van der Waals surface area contributed by atoms with Crippen LogP contribution in [-0.2, 0) is 4.74 Å². The van der Waals surface area contributed by atoms with Crippen molar-refractivity contribution < 1.29 is 9.53 Å². The molecule has 1 aromatic carbocycles. The van der Waals surface area contributed by atoms with Crippen LogP contribution in [-0.4, -0.2) is 24.7 Å². The zero-order valence-corrected chi connectivity index (χ0v) is 9.48. The Balaban J connectivity index is 1.92. The lowest BCUT2D eigenvalue weighted by Gasteiger charge is -2.19. The second-order valence-electron chi connectivity index (χ2n) is 4.18. The molecular weight excluding hydrogens is 202 g/mol. The van der Waals surface area contributed by atoms with Gasteiger partial charge in [0, 0.05) is 12.2 Å². The number of hydrogen-bond acceptors (Lipinski definition) is 2. The molecule has 1 aliphatic rings. The van der Waals surface area contributed by atoms with Gasteiger partial charge in [0.1, 0.15) is 0 Å². The third-order valence-corrected chi connectivity index (χ3v) is 2.92. The molecule has 86 valence electrons. The summed E-state index contributed by atoms with van der Waals surface area (Å²) < 4.78 is 5.54. The quantitative estimate of drug-likeness (QED) is 0.844. The fourth-order valence-corrected chi connectivity index (χ4v) is 1.97. The lowest BCUT2D eigenvalue weighted by Crippen LogP contribution is -2.40. The van der Waals surface area contributed by atoms with Gasteiger partial charge in [-0.1, -0.05) is 18.2 Å². The Kier molecular flexibility index (Phi) is 3.57. The smallest absolute Gasteiger partial charge is 0.251 e. The number of nitrogens with one attached hydrogen (secondary N) is 1. The number of benzene rings is 1. The van der Waals surface area contributed by atoms with Gasteiger partial charge in [-0.25, -0.2) is 0 Å². The third-order valence-electron chi connectivity index (χ3n) is 2.92. The molecule has 2 rings (SSSR count). The van der Waals surface area contributed by atoms with E-state index < -0.39 is 0 Å². The zero-order chi connectivity index (χ0) is 11.4. The van der Waals surface area contributed by atoms with Crippen LogP contribution in [0.5, 0.6) is 0 Å². The molecular formula is C13H17NO2.